The molecule has 4 unspecified atom stereocenters. The van der Waals surface area contributed by atoms with Crippen molar-refractivity contribution in [2.45, 2.75) is 83.9 Å². The normalized spacial score (nSPS) is 29.4. The molecule has 21 heavy (non-hydrogen) atoms. The van der Waals surface area contributed by atoms with E-state index in [1.165, 1.54) is 25.7 Å². The molecule has 0 heterocycles. The molecule has 4 heteroatoms. The summed E-state index contributed by atoms with van der Waals surface area (Å²) in [5.41, 5.74) is -0.428. The first-order chi connectivity index (χ1) is 9.87. The Morgan fingerprint density at radius 1 is 1.29 bits per heavy atom. The van der Waals surface area contributed by atoms with Gasteiger partial charge in [0.1, 0.15) is 5.60 Å². The van der Waals surface area contributed by atoms with Crippen LogP contribution in [0.4, 0.5) is 4.79 Å². The third-order valence-electron chi connectivity index (χ3n) is 4.72. The Hall–Kier alpha value is -0.770. The molecular formula is C17H32N2O2. The van der Waals surface area contributed by atoms with Crippen LogP contribution in [0.1, 0.15) is 66.2 Å². The van der Waals surface area contributed by atoms with E-state index >= 15 is 0 Å². The molecule has 4 nitrogen and oxygen atoms in total. The van der Waals surface area contributed by atoms with E-state index in [-0.39, 0.29) is 6.09 Å². The number of rotatable bonds is 6. The van der Waals surface area contributed by atoms with Gasteiger partial charge in [-0.25, -0.2) is 4.79 Å². The highest BCUT2D eigenvalue weighted by Crippen LogP contribution is 2.44. The van der Waals surface area contributed by atoms with Crippen LogP contribution in [0.3, 0.4) is 0 Å². The molecule has 2 saturated carbocycles. The van der Waals surface area contributed by atoms with Crippen LogP contribution < -0.4 is 10.6 Å². The summed E-state index contributed by atoms with van der Waals surface area (Å²) in [6.07, 6.45) is 7.49. The lowest BCUT2D eigenvalue weighted by Crippen LogP contribution is -2.48. The molecule has 2 N–H and O–H groups in total. The topological polar surface area (TPSA) is 50.4 Å². The average Bonchev–Trinajstić information content (AvgIpc) is 2.96. The van der Waals surface area contributed by atoms with Crippen LogP contribution in [0.5, 0.6) is 0 Å². The Morgan fingerprint density at radius 2 is 2.05 bits per heavy atom. The zero-order chi connectivity index (χ0) is 15.5. The van der Waals surface area contributed by atoms with Gasteiger partial charge in [-0.1, -0.05) is 19.8 Å². The lowest BCUT2D eigenvalue weighted by molar-refractivity contribution is 0.0520. The summed E-state index contributed by atoms with van der Waals surface area (Å²) in [7, 11) is 0. The summed E-state index contributed by atoms with van der Waals surface area (Å²) >= 11 is 0. The van der Waals surface area contributed by atoms with E-state index in [1.807, 2.05) is 20.8 Å². The number of fused-ring (bicyclic) bond motifs is 2. The molecule has 0 radical (unpaired) electrons. The molecule has 2 aliphatic rings. The maximum absolute atomic E-state index is 11.8. The van der Waals surface area contributed by atoms with Gasteiger partial charge in [0.15, 0.2) is 0 Å². The van der Waals surface area contributed by atoms with Crippen molar-refractivity contribution in [3.8, 4) is 0 Å². The molecule has 2 bridgehead atoms. The monoisotopic (exact) mass is 296 g/mol. The van der Waals surface area contributed by atoms with Crippen molar-refractivity contribution in [2.24, 2.45) is 11.8 Å². The van der Waals surface area contributed by atoms with E-state index in [9.17, 15) is 4.79 Å². The van der Waals surface area contributed by atoms with Crippen LogP contribution in [0.25, 0.3) is 0 Å². The summed E-state index contributed by atoms with van der Waals surface area (Å²) in [6.45, 7) is 8.54. The number of hydrogen-bond donors (Lipinski definition) is 2. The molecule has 122 valence electrons. The van der Waals surface area contributed by atoms with Crippen molar-refractivity contribution in [1.82, 2.24) is 10.6 Å². The maximum atomic E-state index is 11.8. The van der Waals surface area contributed by atoms with Gasteiger partial charge in [-0.2, -0.15) is 0 Å². The second-order valence-electron chi connectivity index (χ2n) is 7.82. The van der Waals surface area contributed by atoms with E-state index in [0.29, 0.717) is 18.6 Å². The first-order valence-corrected chi connectivity index (χ1v) is 8.60. The zero-order valence-corrected chi connectivity index (χ0v) is 14.1. The summed E-state index contributed by atoms with van der Waals surface area (Å²) in [6, 6.07) is 1.03. The van der Waals surface area contributed by atoms with Gasteiger partial charge < -0.3 is 15.4 Å². The SMILES string of the molecule is CCCC(CNC(=O)OC(C)(C)C)NC1CC2CCC1C2. The second kappa shape index (κ2) is 6.99. The van der Waals surface area contributed by atoms with Crippen molar-refractivity contribution >= 4 is 6.09 Å². The van der Waals surface area contributed by atoms with Gasteiger partial charge in [0.25, 0.3) is 0 Å². The van der Waals surface area contributed by atoms with E-state index in [1.54, 1.807) is 0 Å². The largest absolute Gasteiger partial charge is 0.444 e. The molecule has 2 rings (SSSR count). The van der Waals surface area contributed by atoms with Crippen LogP contribution in [0.2, 0.25) is 0 Å². The number of alkyl carbamates (subject to hydrolysis) is 1. The molecule has 0 aromatic carbocycles. The fourth-order valence-electron chi connectivity index (χ4n) is 3.87. The molecule has 1 amide bonds. The minimum absolute atomic E-state index is 0.307. The minimum atomic E-state index is -0.428. The fraction of sp³-hybridized carbons (Fsp3) is 0.941. The Balaban J connectivity index is 1.75. The predicted molar refractivity (Wildman–Crippen MR) is 85.3 cm³/mol. The predicted octanol–water partition coefficient (Wildman–Crippen LogP) is 3.46. The number of hydrogen-bond acceptors (Lipinski definition) is 3. The Labute approximate surface area is 129 Å². The van der Waals surface area contributed by atoms with Crippen LogP contribution in [-0.2, 0) is 4.74 Å². The van der Waals surface area contributed by atoms with E-state index in [4.69, 9.17) is 4.74 Å². The van der Waals surface area contributed by atoms with Crippen molar-refractivity contribution < 1.29 is 9.53 Å². The summed E-state index contributed by atoms with van der Waals surface area (Å²) in [5.74, 6) is 1.82. The smallest absolute Gasteiger partial charge is 0.407 e. The highest BCUT2D eigenvalue weighted by atomic mass is 16.6. The lowest BCUT2D eigenvalue weighted by atomic mass is 9.94. The van der Waals surface area contributed by atoms with Gasteiger partial charge in [-0.15, -0.1) is 0 Å². The molecule has 0 spiro atoms. The Kier molecular flexibility index (Phi) is 5.53. The standard InChI is InChI=1S/C17H32N2O2/c1-5-6-14(11-18-16(20)21-17(2,3)4)19-15-10-12-7-8-13(15)9-12/h12-15,19H,5-11H2,1-4H3,(H,18,20). The van der Waals surface area contributed by atoms with Crippen LogP contribution >= 0.6 is 0 Å². The van der Waals surface area contributed by atoms with Crippen LogP contribution in [0.15, 0.2) is 0 Å². The van der Waals surface area contributed by atoms with Crippen molar-refractivity contribution in [3.63, 3.8) is 0 Å². The van der Waals surface area contributed by atoms with Crippen LogP contribution in [0, 0.1) is 11.8 Å². The lowest BCUT2D eigenvalue weighted by Gasteiger charge is -2.29. The molecule has 0 aromatic rings. The number of ether oxygens (including phenoxy) is 1. The summed E-state index contributed by atoms with van der Waals surface area (Å²) in [4.78, 5) is 11.8. The van der Waals surface area contributed by atoms with Gasteiger partial charge in [0, 0.05) is 18.6 Å². The average molecular weight is 296 g/mol. The maximum Gasteiger partial charge on any atom is 0.407 e. The highest BCUT2D eigenvalue weighted by molar-refractivity contribution is 5.67. The van der Waals surface area contributed by atoms with Gasteiger partial charge in [-0.3, -0.25) is 0 Å². The molecule has 0 aliphatic heterocycles. The Morgan fingerprint density at radius 3 is 2.57 bits per heavy atom. The minimum Gasteiger partial charge on any atom is -0.444 e. The fourth-order valence-corrected chi connectivity index (χ4v) is 3.87. The number of carbonyl (C=O) groups excluding carboxylic acids is 1. The number of nitrogens with one attached hydrogen (secondary N) is 2. The van der Waals surface area contributed by atoms with E-state index < -0.39 is 5.60 Å². The quantitative estimate of drug-likeness (QED) is 0.789. The molecule has 0 saturated heterocycles. The van der Waals surface area contributed by atoms with Gasteiger partial charge in [-0.05, 0) is 58.3 Å². The molecular weight excluding hydrogens is 264 g/mol. The molecule has 2 fully saturated rings. The van der Waals surface area contributed by atoms with E-state index in [2.05, 4.69) is 17.6 Å². The van der Waals surface area contributed by atoms with Gasteiger partial charge in [0.05, 0.1) is 0 Å². The van der Waals surface area contributed by atoms with Crippen molar-refractivity contribution in [1.29, 1.82) is 0 Å². The van der Waals surface area contributed by atoms with Gasteiger partial charge >= 0.3 is 6.09 Å². The third kappa shape index (κ3) is 5.17. The number of carbonyl (C=O) groups is 1. The van der Waals surface area contributed by atoms with Gasteiger partial charge in [0.2, 0.25) is 0 Å². The zero-order valence-electron chi connectivity index (χ0n) is 14.1. The molecule has 4 atom stereocenters. The third-order valence-corrected chi connectivity index (χ3v) is 4.72. The first-order valence-electron chi connectivity index (χ1n) is 8.60. The van der Waals surface area contributed by atoms with Crippen LogP contribution in [-0.4, -0.2) is 30.3 Å². The van der Waals surface area contributed by atoms with Crippen molar-refractivity contribution in [2.75, 3.05) is 6.54 Å². The van der Waals surface area contributed by atoms with E-state index in [0.717, 1.165) is 24.7 Å². The second-order valence-corrected chi connectivity index (χ2v) is 7.82. The Bertz CT molecular complexity index is 351. The molecule has 0 aromatic heterocycles. The highest BCUT2D eigenvalue weighted by Gasteiger charge is 2.39. The number of amides is 1. The molecule has 2 aliphatic carbocycles. The summed E-state index contributed by atoms with van der Waals surface area (Å²) < 4.78 is 5.31. The first kappa shape index (κ1) is 16.6. The van der Waals surface area contributed by atoms with Crippen molar-refractivity contribution in [3.05, 3.63) is 0 Å². The summed E-state index contributed by atoms with van der Waals surface area (Å²) in [5, 5.41) is 6.71.